The third kappa shape index (κ3) is 7.97. The predicted molar refractivity (Wildman–Crippen MR) is 182 cm³/mol. The van der Waals surface area contributed by atoms with Crippen LogP contribution >= 0.6 is 24.0 Å². The molecule has 1 aliphatic heterocycles. The van der Waals surface area contributed by atoms with Crippen molar-refractivity contribution in [3.8, 4) is 22.8 Å². The number of ether oxygens (including phenoxy) is 3. The van der Waals surface area contributed by atoms with Gasteiger partial charge in [0.05, 0.1) is 25.5 Å². The van der Waals surface area contributed by atoms with E-state index in [1.165, 1.54) is 24.6 Å². The van der Waals surface area contributed by atoms with E-state index in [0.29, 0.717) is 63.5 Å². The van der Waals surface area contributed by atoms with Crippen molar-refractivity contribution in [2.24, 2.45) is 17.8 Å². The standard InChI is InChI=1S/C35H44N2O7S2/c1-20(12-31(38)44-35(2,3)4)32(39)36-11-7-8-23-17-28(24-15-25(41-5)18-26(16-24)42-6)43-29(23)19-30-33(40)37(34(45)46-30)27-14-21-9-10-22(27)13-21/h15-22,27H,7-14H2,1-6H3,(H,36,39)/b30-19-/t20-,21?,22?,27?/m0/s1. The van der Waals surface area contributed by atoms with Crippen LogP contribution in [0.3, 0.4) is 0 Å². The molecule has 2 bridgehead atoms. The second-order valence-corrected chi connectivity index (χ2v) is 15.2. The van der Waals surface area contributed by atoms with Crippen molar-refractivity contribution in [3.63, 3.8) is 0 Å². The Morgan fingerprint density at radius 1 is 1.13 bits per heavy atom. The lowest BCUT2D eigenvalue weighted by atomic mass is 9.94. The van der Waals surface area contributed by atoms with Crippen LogP contribution in [0, 0.1) is 17.8 Å². The van der Waals surface area contributed by atoms with Crippen molar-refractivity contribution in [1.82, 2.24) is 10.2 Å². The van der Waals surface area contributed by atoms with E-state index in [2.05, 4.69) is 5.32 Å². The highest BCUT2D eigenvalue weighted by molar-refractivity contribution is 8.26. The molecule has 2 aliphatic carbocycles. The van der Waals surface area contributed by atoms with Gasteiger partial charge in [0, 0.05) is 36.2 Å². The maximum atomic E-state index is 13.7. The highest BCUT2D eigenvalue weighted by atomic mass is 32.2. The average Bonchev–Trinajstić information content (AvgIpc) is 3.78. The number of nitrogens with zero attached hydrogens (tertiary/aromatic N) is 1. The van der Waals surface area contributed by atoms with E-state index < -0.39 is 17.5 Å². The summed E-state index contributed by atoms with van der Waals surface area (Å²) >= 11 is 7.05. The number of carbonyl (C=O) groups is 3. The Hall–Kier alpha value is -3.31. The van der Waals surface area contributed by atoms with Gasteiger partial charge in [-0.05, 0) is 88.5 Å². The van der Waals surface area contributed by atoms with E-state index in [1.54, 1.807) is 48.0 Å². The highest BCUT2D eigenvalue weighted by Crippen LogP contribution is 2.49. The fraction of sp³-hybridized carbons (Fsp3) is 0.543. The number of thiocarbonyl (C=S) groups is 1. The van der Waals surface area contributed by atoms with E-state index in [-0.39, 0.29) is 24.3 Å². The van der Waals surface area contributed by atoms with Crippen LogP contribution < -0.4 is 14.8 Å². The molecule has 9 nitrogen and oxygen atoms in total. The van der Waals surface area contributed by atoms with E-state index in [0.717, 1.165) is 24.0 Å². The number of furan rings is 1. The van der Waals surface area contributed by atoms with Gasteiger partial charge in [-0.25, -0.2) is 0 Å². The number of methoxy groups -OCH3 is 2. The summed E-state index contributed by atoms with van der Waals surface area (Å²) in [6, 6.07) is 7.69. The molecule has 2 saturated carbocycles. The Bertz CT molecular complexity index is 1500. The summed E-state index contributed by atoms with van der Waals surface area (Å²) in [7, 11) is 3.19. The molecule has 46 heavy (non-hydrogen) atoms. The van der Waals surface area contributed by atoms with E-state index in [4.69, 9.17) is 30.8 Å². The maximum absolute atomic E-state index is 13.7. The molecule has 2 heterocycles. The smallest absolute Gasteiger partial charge is 0.307 e. The van der Waals surface area contributed by atoms with Crippen molar-refractivity contribution in [1.29, 1.82) is 0 Å². The van der Waals surface area contributed by atoms with Gasteiger partial charge in [0.2, 0.25) is 5.91 Å². The first-order chi connectivity index (χ1) is 21.8. The van der Waals surface area contributed by atoms with Crippen LogP contribution in [-0.2, 0) is 25.5 Å². The van der Waals surface area contributed by atoms with Crippen LogP contribution in [0.5, 0.6) is 11.5 Å². The van der Waals surface area contributed by atoms with Crippen molar-refractivity contribution >= 4 is 52.2 Å². The molecule has 2 aromatic rings. The normalized spacial score (nSPS) is 22.4. The van der Waals surface area contributed by atoms with Gasteiger partial charge in [-0.1, -0.05) is 37.3 Å². The highest BCUT2D eigenvalue weighted by Gasteiger charge is 2.48. The predicted octanol–water partition coefficient (Wildman–Crippen LogP) is 6.77. The van der Waals surface area contributed by atoms with Gasteiger partial charge in [0.25, 0.3) is 5.91 Å². The molecule has 3 aliphatic rings. The van der Waals surface area contributed by atoms with Crippen molar-refractivity contribution in [2.75, 3.05) is 20.8 Å². The summed E-state index contributed by atoms with van der Waals surface area (Å²) < 4.78 is 23.3. The van der Waals surface area contributed by atoms with Crippen LogP contribution in [0.4, 0.5) is 0 Å². The number of nitrogens with one attached hydrogen (secondary N) is 1. The first-order valence-corrected chi connectivity index (χ1v) is 17.2. The Labute approximate surface area is 280 Å². The van der Waals surface area contributed by atoms with Gasteiger partial charge < -0.3 is 23.9 Å². The molecule has 0 spiro atoms. The zero-order valence-electron chi connectivity index (χ0n) is 27.5. The average molecular weight is 669 g/mol. The first-order valence-electron chi connectivity index (χ1n) is 16.0. The number of carbonyl (C=O) groups excluding carboxylic acids is 3. The van der Waals surface area contributed by atoms with Crippen molar-refractivity contribution in [3.05, 3.63) is 40.5 Å². The van der Waals surface area contributed by atoms with Crippen LogP contribution in [-0.4, -0.2) is 59.4 Å². The molecule has 2 amide bonds. The van der Waals surface area contributed by atoms with Crippen LogP contribution in [0.15, 0.2) is 33.6 Å². The lowest BCUT2D eigenvalue weighted by Gasteiger charge is -2.30. The van der Waals surface area contributed by atoms with Crippen molar-refractivity contribution in [2.45, 2.75) is 84.3 Å². The monoisotopic (exact) mass is 668 g/mol. The zero-order valence-corrected chi connectivity index (χ0v) is 29.1. The topological polar surface area (TPSA) is 107 Å². The summed E-state index contributed by atoms with van der Waals surface area (Å²) in [5.41, 5.74) is 1.08. The van der Waals surface area contributed by atoms with Gasteiger partial charge >= 0.3 is 5.97 Å². The lowest BCUT2D eigenvalue weighted by molar-refractivity contribution is -0.157. The second kappa shape index (κ2) is 14.2. The molecule has 3 unspecified atom stereocenters. The molecule has 1 N–H and O–H groups in total. The number of aryl methyl sites for hydroxylation is 1. The Morgan fingerprint density at radius 2 is 1.85 bits per heavy atom. The number of esters is 1. The molecule has 3 fully saturated rings. The number of hydrogen-bond donors (Lipinski definition) is 1. The van der Waals surface area contributed by atoms with E-state index in [9.17, 15) is 14.4 Å². The summed E-state index contributed by atoms with van der Waals surface area (Å²) in [6.07, 6.45) is 7.67. The van der Waals surface area contributed by atoms with Gasteiger partial charge in [0.1, 0.15) is 32.9 Å². The molecule has 248 valence electrons. The molecule has 0 radical (unpaired) electrons. The third-order valence-corrected chi connectivity index (χ3v) is 10.2. The molecule has 5 rings (SSSR count). The summed E-state index contributed by atoms with van der Waals surface area (Å²) in [4.78, 5) is 40.9. The number of amides is 2. The quantitative estimate of drug-likeness (QED) is 0.114. The Morgan fingerprint density at radius 3 is 2.46 bits per heavy atom. The lowest BCUT2D eigenvalue weighted by Crippen LogP contribution is -2.41. The fourth-order valence-corrected chi connectivity index (χ4v) is 8.00. The molecular formula is C35H44N2O7S2. The summed E-state index contributed by atoms with van der Waals surface area (Å²) in [5.74, 6) is 2.51. The Kier molecular flexibility index (Phi) is 10.5. The maximum Gasteiger partial charge on any atom is 0.307 e. The molecule has 11 heteroatoms. The second-order valence-electron chi connectivity index (χ2n) is 13.5. The number of thioether (sulfide) groups is 1. The molecule has 1 aromatic carbocycles. The SMILES string of the molecule is COc1cc(OC)cc(-c2cc(CCCNC(=O)[C@@H](C)CC(=O)OC(C)(C)C)c(/C=C3\SC(=S)N(C4CC5CCC4C5)C3=O)o2)c1. The van der Waals surface area contributed by atoms with Crippen LogP contribution in [0.25, 0.3) is 17.4 Å². The minimum absolute atomic E-state index is 0.0166. The van der Waals surface area contributed by atoms with Gasteiger partial charge in [-0.3, -0.25) is 19.3 Å². The molecule has 4 atom stereocenters. The molecule has 1 saturated heterocycles. The van der Waals surface area contributed by atoms with E-state index in [1.807, 2.05) is 29.2 Å². The van der Waals surface area contributed by atoms with Crippen LogP contribution in [0.2, 0.25) is 0 Å². The fourth-order valence-electron chi connectivity index (χ4n) is 6.66. The minimum Gasteiger partial charge on any atom is -0.497 e. The van der Waals surface area contributed by atoms with E-state index >= 15 is 0 Å². The Balaban J connectivity index is 1.31. The largest absolute Gasteiger partial charge is 0.497 e. The minimum atomic E-state index is -0.597. The third-order valence-electron chi connectivity index (χ3n) is 8.86. The summed E-state index contributed by atoms with van der Waals surface area (Å²) in [6.45, 7) is 7.54. The number of hydrogen-bond acceptors (Lipinski definition) is 9. The van der Waals surface area contributed by atoms with Gasteiger partial charge in [-0.2, -0.15) is 0 Å². The van der Waals surface area contributed by atoms with Crippen LogP contribution in [0.1, 0.15) is 77.5 Å². The molecular weight excluding hydrogens is 625 g/mol. The van der Waals surface area contributed by atoms with Gasteiger partial charge in [0.15, 0.2) is 0 Å². The van der Waals surface area contributed by atoms with Gasteiger partial charge in [-0.15, -0.1) is 0 Å². The summed E-state index contributed by atoms with van der Waals surface area (Å²) in [5, 5.41) is 2.94. The number of rotatable bonds is 12. The molecule has 1 aromatic heterocycles. The number of benzene rings is 1. The number of fused-ring (bicyclic) bond motifs is 2. The zero-order chi connectivity index (χ0) is 33.2. The van der Waals surface area contributed by atoms with Crippen molar-refractivity contribution < 1.29 is 33.0 Å². The first kappa shape index (κ1) is 34.0.